The average molecular weight is 429 g/mol. The Morgan fingerprint density at radius 2 is 1.65 bits per heavy atom. The molecule has 0 N–H and O–H groups in total. The number of cyclic esters (lactones) is 1. The topological polar surface area (TPSA) is 26.3 Å². The Bertz CT molecular complexity index is 757. The maximum absolute atomic E-state index is 14.8. The Hall–Kier alpha value is -1.38. The Labute approximate surface area is 188 Å². The molecule has 2 aliphatic carbocycles. The number of hydrogen-bond donors (Lipinski definition) is 0. The van der Waals surface area contributed by atoms with Crippen LogP contribution in [0.4, 0.5) is 4.39 Å². The third-order valence-electron chi connectivity index (χ3n) is 9.01. The van der Waals surface area contributed by atoms with Crippen LogP contribution in [0.5, 0.6) is 0 Å². The molecule has 172 valence electrons. The highest BCUT2D eigenvalue weighted by molar-refractivity contribution is 5.92. The monoisotopic (exact) mass is 428 g/mol. The fourth-order valence-corrected chi connectivity index (χ4v) is 6.78. The fraction of sp³-hybridized carbons (Fsp3) is 0.750. The molecule has 31 heavy (non-hydrogen) atoms. The smallest absolute Gasteiger partial charge is 0.341 e. The SMILES string of the molecule is CCCc1ccc2c(c1F)C(=O)OC(C1CCC(C(C)C3CCC(CC)CC3)CC1)C2. The lowest BCUT2D eigenvalue weighted by Gasteiger charge is -2.41. The van der Waals surface area contributed by atoms with Gasteiger partial charge in [-0.2, -0.15) is 0 Å². The van der Waals surface area contributed by atoms with Crippen LogP contribution in [-0.4, -0.2) is 12.1 Å². The lowest BCUT2D eigenvalue weighted by atomic mass is 9.66. The fourth-order valence-electron chi connectivity index (χ4n) is 6.78. The van der Waals surface area contributed by atoms with Crippen LogP contribution in [0.15, 0.2) is 12.1 Å². The number of rotatable bonds is 6. The highest BCUT2D eigenvalue weighted by atomic mass is 19.1. The van der Waals surface area contributed by atoms with E-state index < -0.39 is 5.97 Å². The molecule has 2 saturated carbocycles. The summed E-state index contributed by atoms with van der Waals surface area (Å²) in [7, 11) is 0. The number of hydrogen-bond acceptors (Lipinski definition) is 2. The molecule has 1 aromatic rings. The number of esters is 1. The third kappa shape index (κ3) is 4.86. The molecule has 2 fully saturated rings. The molecule has 0 bridgehead atoms. The number of benzene rings is 1. The number of carbonyl (C=O) groups excluding carboxylic acids is 1. The van der Waals surface area contributed by atoms with E-state index in [0.29, 0.717) is 24.3 Å². The van der Waals surface area contributed by atoms with Crippen molar-refractivity contribution in [1.29, 1.82) is 0 Å². The highest BCUT2D eigenvalue weighted by Crippen LogP contribution is 2.44. The summed E-state index contributed by atoms with van der Waals surface area (Å²) in [6.07, 6.45) is 14.0. The Balaban J connectivity index is 1.33. The second-order valence-electron chi connectivity index (χ2n) is 10.7. The van der Waals surface area contributed by atoms with Crippen molar-refractivity contribution in [2.24, 2.45) is 29.6 Å². The van der Waals surface area contributed by atoms with Gasteiger partial charge in [0, 0.05) is 6.42 Å². The van der Waals surface area contributed by atoms with E-state index in [1.165, 1.54) is 44.9 Å². The van der Waals surface area contributed by atoms with Crippen molar-refractivity contribution in [2.45, 2.75) is 104 Å². The molecule has 2 nitrogen and oxygen atoms in total. The van der Waals surface area contributed by atoms with Gasteiger partial charge in [0.05, 0.1) is 5.56 Å². The molecule has 0 amide bonds. The zero-order valence-electron chi connectivity index (χ0n) is 19.8. The van der Waals surface area contributed by atoms with E-state index in [1.54, 1.807) is 0 Å². The summed E-state index contributed by atoms with van der Waals surface area (Å²) in [6, 6.07) is 3.84. The molecule has 3 heteroatoms. The third-order valence-corrected chi connectivity index (χ3v) is 9.01. The van der Waals surface area contributed by atoms with Crippen molar-refractivity contribution < 1.29 is 13.9 Å². The van der Waals surface area contributed by atoms with E-state index in [9.17, 15) is 9.18 Å². The minimum Gasteiger partial charge on any atom is -0.458 e. The molecule has 1 aliphatic heterocycles. The van der Waals surface area contributed by atoms with Gasteiger partial charge in [0.1, 0.15) is 11.9 Å². The van der Waals surface area contributed by atoms with E-state index in [2.05, 4.69) is 13.8 Å². The van der Waals surface area contributed by atoms with E-state index in [1.807, 2.05) is 19.1 Å². The summed E-state index contributed by atoms with van der Waals surface area (Å²) in [5.41, 5.74) is 1.69. The first-order valence-electron chi connectivity index (χ1n) is 13.0. The predicted molar refractivity (Wildman–Crippen MR) is 124 cm³/mol. The molecule has 1 heterocycles. The Kier molecular flexibility index (Phi) is 7.39. The summed E-state index contributed by atoms with van der Waals surface area (Å²) in [6.45, 7) is 6.86. The van der Waals surface area contributed by atoms with Crippen molar-refractivity contribution in [2.75, 3.05) is 0 Å². The highest BCUT2D eigenvalue weighted by Gasteiger charge is 2.38. The summed E-state index contributed by atoms with van der Waals surface area (Å²) in [4.78, 5) is 12.7. The molecule has 0 aromatic heterocycles. The van der Waals surface area contributed by atoms with Crippen LogP contribution in [0, 0.1) is 35.4 Å². The van der Waals surface area contributed by atoms with Gasteiger partial charge in [-0.1, -0.05) is 58.6 Å². The van der Waals surface area contributed by atoms with Crippen LogP contribution in [0.2, 0.25) is 0 Å². The molecular formula is C28H41FO2. The maximum atomic E-state index is 14.8. The van der Waals surface area contributed by atoms with Gasteiger partial charge in [0.2, 0.25) is 0 Å². The second-order valence-corrected chi connectivity index (χ2v) is 10.7. The van der Waals surface area contributed by atoms with Crippen molar-refractivity contribution in [3.8, 4) is 0 Å². The first-order valence-corrected chi connectivity index (χ1v) is 13.0. The van der Waals surface area contributed by atoms with Crippen LogP contribution in [0.3, 0.4) is 0 Å². The number of carbonyl (C=O) groups is 1. The standard InChI is InChI=1S/C28H41FO2/c1-4-6-23-15-16-24-17-25(31-28(30)26(24)27(23)29)22-13-11-21(12-14-22)18(3)20-9-7-19(5-2)8-10-20/h15-16,18-22,25H,4-14,17H2,1-3H3. The minimum atomic E-state index is -0.440. The maximum Gasteiger partial charge on any atom is 0.341 e. The Morgan fingerprint density at radius 3 is 2.26 bits per heavy atom. The van der Waals surface area contributed by atoms with E-state index in [-0.39, 0.29) is 17.5 Å². The molecule has 0 spiro atoms. The predicted octanol–water partition coefficient (Wildman–Crippen LogP) is 7.52. The second kappa shape index (κ2) is 10.0. The first kappa shape index (κ1) is 22.8. The first-order chi connectivity index (χ1) is 15.0. The van der Waals surface area contributed by atoms with Crippen LogP contribution in [0.1, 0.15) is 106 Å². The Morgan fingerprint density at radius 1 is 1.00 bits per heavy atom. The summed E-state index contributed by atoms with van der Waals surface area (Å²) in [5, 5.41) is 0. The summed E-state index contributed by atoms with van der Waals surface area (Å²) >= 11 is 0. The molecule has 4 rings (SSSR count). The van der Waals surface area contributed by atoms with Crippen LogP contribution in [-0.2, 0) is 17.6 Å². The van der Waals surface area contributed by atoms with E-state index in [4.69, 9.17) is 4.74 Å². The van der Waals surface area contributed by atoms with Crippen LogP contribution >= 0.6 is 0 Å². The molecular weight excluding hydrogens is 387 g/mol. The van der Waals surface area contributed by atoms with Gasteiger partial charge in [-0.15, -0.1) is 0 Å². The van der Waals surface area contributed by atoms with E-state index in [0.717, 1.165) is 48.5 Å². The average Bonchev–Trinajstić information content (AvgIpc) is 2.80. The number of halogens is 1. The summed E-state index contributed by atoms with van der Waals surface area (Å²) in [5.74, 6) is 3.15. The summed E-state index contributed by atoms with van der Waals surface area (Å²) < 4.78 is 20.6. The van der Waals surface area contributed by atoms with E-state index >= 15 is 0 Å². The van der Waals surface area contributed by atoms with Gasteiger partial charge >= 0.3 is 5.97 Å². The molecule has 1 aromatic carbocycles. The van der Waals surface area contributed by atoms with Gasteiger partial charge in [-0.25, -0.2) is 9.18 Å². The van der Waals surface area contributed by atoms with Crippen molar-refractivity contribution in [3.05, 3.63) is 34.6 Å². The van der Waals surface area contributed by atoms with Crippen molar-refractivity contribution in [1.82, 2.24) is 0 Å². The lowest BCUT2D eigenvalue weighted by Crippen LogP contribution is -2.37. The largest absolute Gasteiger partial charge is 0.458 e. The van der Waals surface area contributed by atoms with Crippen LogP contribution in [0.25, 0.3) is 0 Å². The number of aryl methyl sites for hydroxylation is 1. The normalized spacial score (nSPS) is 32.3. The molecule has 2 atom stereocenters. The zero-order valence-corrected chi connectivity index (χ0v) is 19.8. The zero-order chi connectivity index (χ0) is 22.0. The lowest BCUT2D eigenvalue weighted by molar-refractivity contribution is -0.00447. The minimum absolute atomic E-state index is 0.0762. The van der Waals surface area contributed by atoms with Crippen LogP contribution < -0.4 is 0 Å². The van der Waals surface area contributed by atoms with Gasteiger partial charge < -0.3 is 4.74 Å². The number of ether oxygens (including phenoxy) is 1. The van der Waals surface area contributed by atoms with Crippen molar-refractivity contribution in [3.63, 3.8) is 0 Å². The van der Waals surface area contributed by atoms with Gasteiger partial charge in [0.25, 0.3) is 0 Å². The van der Waals surface area contributed by atoms with Gasteiger partial charge in [0.15, 0.2) is 0 Å². The quantitative estimate of drug-likeness (QED) is 0.438. The van der Waals surface area contributed by atoms with Gasteiger partial charge in [-0.3, -0.25) is 0 Å². The van der Waals surface area contributed by atoms with Crippen molar-refractivity contribution >= 4 is 5.97 Å². The van der Waals surface area contributed by atoms with Gasteiger partial charge in [-0.05, 0) is 85.7 Å². The number of fused-ring (bicyclic) bond motifs is 1. The molecule has 0 saturated heterocycles. The molecule has 3 aliphatic rings. The molecule has 0 radical (unpaired) electrons. The molecule has 2 unspecified atom stereocenters.